The normalized spacial score (nSPS) is 14.3. The number of benzene rings is 1. The number of nitrogens with zero attached hydrogens (tertiary/aromatic N) is 4. The molecule has 0 saturated carbocycles. The van der Waals surface area contributed by atoms with Crippen LogP contribution in [0.3, 0.4) is 0 Å². The molecule has 0 amide bonds. The van der Waals surface area contributed by atoms with Crippen LogP contribution in [0.2, 0.25) is 0 Å². The maximum Gasteiger partial charge on any atom is 0.295 e. The highest BCUT2D eigenvalue weighted by Gasteiger charge is 2.19. The first kappa shape index (κ1) is 12.7. The van der Waals surface area contributed by atoms with E-state index >= 15 is 0 Å². The lowest BCUT2D eigenvalue weighted by molar-refractivity contribution is 0.489. The second-order valence-electron chi connectivity index (χ2n) is 4.22. The van der Waals surface area contributed by atoms with Gasteiger partial charge < -0.3 is 4.90 Å². The first-order valence-corrected chi connectivity index (χ1v) is 7.50. The van der Waals surface area contributed by atoms with Crippen molar-refractivity contribution in [3.05, 3.63) is 44.8 Å². The molecule has 1 aliphatic heterocycles. The summed E-state index contributed by atoms with van der Waals surface area (Å²) in [4.78, 5) is 17.7. The minimum Gasteiger partial charge on any atom is -0.342 e. The third-order valence-electron chi connectivity index (χ3n) is 2.84. The number of hydrogen-bond donors (Lipinski definition) is 0. The molecule has 0 saturated heterocycles. The Bertz CT molecular complexity index is 670. The van der Waals surface area contributed by atoms with E-state index in [1.54, 1.807) is 11.6 Å². The van der Waals surface area contributed by atoms with Crippen molar-refractivity contribution in [3.63, 3.8) is 0 Å². The number of anilines is 1. The van der Waals surface area contributed by atoms with E-state index in [0.717, 1.165) is 16.0 Å². The summed E-state index contributed by atoms with van der Waals surface area (Å²) in [6.45, 7) is 2.30. The van der Waals surface area contributed by atoms with Crippen molar-refractivity contribution < 1.29 is 0 Å². The van der Waals surface area contributed by atoms with E-state index in [2.05, 4.69) is 43.0 Å². The summed E-state index contributed by atoms with van der Waals surface area (Å²) in [6.07, 6.45) is 0. The number of hydrogen-bond acceptors (Lipinski definition) is 5. The molecule has 0 atom stereocenters. The molecule has 0 spiro atoms. The van der Waals surface area contributed by atoms with Crippen LogP contribution in [0.4, 0.5) is 5.69 Å². The van der Waals surface area contributed by atoms with Gasteiger partial charge in [-0.05, 0) is 31.2 Å². The minimum absolute atomic E-state index is 0.240. The van der Waals surface area contributed by atoms with E-state index in [4.69, 9.17) is 0 Å². The summed E-state index contributed by atoms with van der Waals surface area (Å²) >= 11 is 4.95. The highest BCUT2D eigenvalue weighted by Crippen LogP contribution is 2.27. The minimum atomic E-state index is -0.240. The predicted octanol–water partition coefficient (Wildman–Crippen LogP) is 2.24. The van der Waals surface area contributed by atoms with E-state index in [-0.39, 0.29) is 5.56 Å². The zero-order chi connectivity index (χ0) is 13.4. The van der Waals surface area contributed by atoms with Crippen molar-refractivity contribution in [1.29, 1.82) is 0 Å². The highest BCUT2D eigenvalue weighted by molar-refractivity contribution is 9.10. The van der Waals surface area contributed by atoms with Gasteiger partial charge in [0.15, 0.2) is 5.16 Å². The first-order valence-electron chi connectivity index (χ1n) is 5.72. The summed E-state index contributed by atoms with van der Waals surface area (Å²) in [7, 11) is 0. The SMILES string of the molecule is Cc1nn2c(nc1=O)SCN(c1ccc(Br)cc1)C2. The topological polar surface area (TPSA) is 51.0 Å². The Labute approximate surface area is 122 Å². The number of fused-ring (bicyclic) bond motifs is 1. The van der Waals surface area contributed by atoms with Crippen LogP contribution in [-0.2, 0) is 6.67 Å². The molecule has 5 nitrogen and oxygen atoms in total. The standard InChI is InChI=1S/C12H11BrN4OS/c1-8-11(18)14-12-17(15-8)6-16(7-19-12)10-4-2-9(13)3-5-10/h2-5H,6-7H2,1H3. The third kappa shape index (κ3) is 2.52. The first-order chi connectivity index (χ1) is 9.13. The molecule has 7 heteroatoms. The highest BCUT2D eigenvalue weighted by atomic mass is 79.9. The lowest BCUT2D eigenvalue weighted by atomic mass is 10.3. The van der Waals surface area contributed by atoms with E-state index in [9.17, 15) is 4.79 Å². The maximum atomic E-state index is 11.5. The van der Waals surface area contributed by atoms with E-state index < -0.39 is 0 Å². The molecule has 1 aliphatic rings. The van der Waals surface area contributed by atoms with Crippen LogP contribution in [0.25, 0.3) is 0 Å². The molecule has 98 valence electrons. The van der Waals surface area contributed by atoms with Crippen LogP contribution in [0.1, 0.15) is 5.69 Å². The average Bonchev–Trinajstić information content (AvgIpc) is 2.40. The lowest BCUT2D eigenvalue weighted by Gasteiger charge is -2.29. The van der Waals surface area contributed by atoms with Crippen LogP contribution in [0.5, 0.6) is 0 Å². The maximum absolute atomic E-state index is 11.5. The number of rotatable bonds is 1. The van der Waals surface area contributed by atoms with Crippen molar-refractivity contribution in [2.75, 3.05) is 10.8 Å². The van der Waals surface area contributed by atoms with E-state index in [0.29, 0.717) is 17.5 Å². The largest absolute Gasteiger partial charge is 0.342 e. The van der Waals surface area contributed by atoms with Crippen molar-refractivity contribution in [2.24, 2.45) is 0 Å². The number of aryl methyl sites for hydroxylation is 1. The monoisotopic (exact) mass is 338 g/mol. The summed E-state index contributed by atoms with van der Waals surface area (Å²) < 4.78 is 2.83. The molecule has 2 heterocycles. The van der Waals surface area contributed by atoms with Gasteiger partial charge in [0.05, 0.1) is 5.88 Å². The fraction of sp³-hybridized carbons (Fsp3) is 0.250. The van der Waals surface area contributed by atoms with E-state index in [1.165, 1.54) is 11.8 Å². The molecule has 3 rings (SSSR count). The lowest BCUT2D eigenvalue weighted by Crippen LogP contribution is -2.35. The molecule has 2 aromatic rings. The molecule has 0 unspecified atom stereocenters. The Morgan fingerprint density at radius 2 is 2.05 bits per heavy atom. The van der Waals surface area contributed by atoms with E-state index in [1.807, 2.05) is 12.1 Å². The van der Waals surface area contributed by atoms with Gasteiger partial charge in [0.1, 0.15) is 12.4 Å². The zero-order valence-electron chi connectivity index (χ0n) is 10.2. The molecular weight excluding hydrogens is 328 g/mol. The molecule has 1 aromatic heterocycles. The van der Waals surface area contributed by atoms with Crippen LogP contribution in [0, 0.1) is 6.92 Å². The molecular formula is C12H11BrN4OS. The quantitative estimate of drug-likeness (QED) is 0.798. The summed E-state index contributed by atoms with van der Waals surface area (Å²) in [5, 5.41) is 4.96. The van der Waals surface area contributed by atoms with Crippen molar-refractivity contribution in [3.8, 4) is 0 Å². The summed E-state index contributed by atoms with van der Waals surface area (Å²) in [5.74, 6) is 0.763. The molecule has 19 heavy (non-hydrogen) atoms. The fourth-order valence-corrected chi connectivity index (χ4v) is 3.00. The van der Waals surface area contributed by atoms with Crippen LogP contribution in [0.15, 0.2) is 38.7 Å². The van der Waals surface area contributed by atoms with Gasteiger partial charge >= 0.3 is 0 Å². The summed E-state index contributed by atoms with van der Waals surface area (Å²) in [6, 6.07) is 8.13. The molecule has 0 bridgehead atoms. The Hall–Kier alpha value is -1.34. The number of thioether (sulfide) groups is 1. The van der Waals surface area contributed by atoms with Gasteiger partial charge in [-0.2, -0.15) is 10.1 Å². The average molecular weight is 339 g/mol. The Kier molecular flexibility index (Phi) is 3.32. The molecule has 0 fully saturated rings. The molecule has 1 aromatic carbocycles. The smallest absolute Gasteiger partial charge is 0.295 e. The van der Waals surface area contributed by atoms with Gasteiger partial charge in [-0.25, -0.2) is 4.68 Å². The van der Waals surface area contributed by atoms with Crippen molar-refractivity contribution in [2.45, 2.75) is 18.7 Å². The Balaban J connectivity index is 1.91. The second-order valence-corrected chi connectivity index (χ2v) is 6.04. The molecule has 0 radical (unpaired) electrons. The van der Waals surface area contributed by atoms with Gasteiger partial charge in [-0.15, -0.1) is 0 Å². The van der Waals surface area contributed by atoms with Crippen LogP contribution >= 0.6 is 27.7 Å². The second kappa shape index (κ2) is 4.97. The molecule has 0 N–H and O–H groups in total. The predicted molar refractivity (Wildman–Crippen MR) is 78.4 cm³/mol. The summed E-state index contributed by atoms with van der Waals surface area (Å²) in [5.41, 5.74) is 1.32. The van der Waals surface area contributed by atoms with Crippen LogP contribution in [-0.4, -0.2) is 20.6 Å². The van der Waals surface area contributed by atoms with Gasteiger partial charge in [0, 0.05) is 10.2 Å². The van der Waals surface area contributed by atoms with Gasteiger partial charge in [-0.1, -0.05) is 27.7 Å². The third-order valence-corrected chi connectivity index (χ3v) is 4.37. The number of aromatic nitrogens is 3. The van der Waals surface area contributed by atoms with Crippen LogP contribution < -0.4 is 10.5 Å². The molecule has 0 aliphatic carbocycles. The Morgan fingerprint density at radius 3 is 2.79 bits per heavy atom. The van der Waals surface area contributed by atoms with Crippen molar-refractivity contribution >= 4 is 33.4 Å². The number of halogens is 1. The van der Waals surface area contributed by atoms with Gasteiger partial charge in [-0.3, -0.25) is 4.79 Å². The van der Waals surface area contributed by atoms with Crippen molar-refractivity contribution in [1.82, 2.24) is 14.8 Å². The van der Waals surface area contributed by atoms with Gasteiger partial charge in [0.2, 0.25) is 0 Å². The van der Waals surface area contributed by atoms with Gasteiger partial charge in [0.25, 0.3) is 5.56 Å². The zero-order valence-corrected chi connectivity index (χ0v) is 12.6. The fourth-order valence-electron chi connectivity index (χ4n) is 1.84. The Morgan fingerprint density at radius 1 is 1.32 bits per heavy atom.